The number of aromatic hydroxyl groups is 1. The molecule has 2 N–H and O–H groups in total. The maximum absolute atomic E-state index is 12.5. The van der Waals surface area contributed by atoms with E-state index in [2.05, 4.69) is 20.7 Å². The molecule has 4 aromatic rings. The van der Waals surface area contributed by atoms with E-state index in [1.165, 1.54) is 32.2 Å². The topological polar surface area (TPSA) is 120 Å². The van der Waals surface area contributed by atoms with Crippen molar-refractivity contribution in [1.29, 1.82) is 0 Å². The molecule has 196 valence electrons. The molecule has 0 aliphatic heterocycles. The fraction of sp³-hybridized carbons (Fsp3) is 0.185. The van der Waals surface area contributed by atoms with Crippen LogP contribution in [-0.4, -0.2) is 59.1 Å². The number of rotatable bonds is 10. The molecule has 0 aliphatic carbocycles. The molecule has 38 heavy (non-hydrogen) atoms. The highest BCUT2D eigenvalue weighted by Crippen LogP contribution is 2.36. The average molecular weight is 534 g/mol. The first kappa shape index (κ1) is 26.6. The molecule has 4 rings (SSSR count). The number of nitrogens with one attached hydrogen (secondary N) is 1. The predicted octanol–water partition coefficient (Wildman–Crippen LogP) is 4.22. The largest absolute Gasteiger partial charge is 0.502 e. The molecule has 0 radical (unpaired) electrons. The Morgan fingerprint density at radius 1 is 1.00 bits per heavy atom. The van der Waals surface area contributed by atoms with Gasteiger partial charge in [0.1, 0.15) is 5.75 Å². The predicted molar refractivity (Wildman–Crippen MR) is 146 cm³/mol. The quantitative estimate of drug-likeness (QED) is 0.177. The van der Waals surface area contributed by atoms with Crippen LogP contribution in [0.3, 0.4) is 0 Å². The Hall–Kier alpha value is -4.51. The first-order chi connectivity index (χ1) is 18.4. The average Bonchev–Trinajstić information content (AvgIpc) is 3.37. The van der Waals surface area contributed by atoms with E-state index in [-0.39, 0.29) is 28.9 Å². The number of aryl methyl sites for hydroxylation is 1. The smallest absolute Gasteiger partial charge is 0.250 e. The van der Waals surface area contributed by atoms with E-state index in [1.807, 2.05) is 60.0 Å². The number of nitrogens with zero attached hydrogens (tertiary/aromatic N) is 4. The van der Waals surface area contributed by atoms with Crippen LogP contribution in [0.5, 0.6) is 23.0 Å². The zero-order valence-corrected chi connectivity index (χ0v) is 22.2. The number of hydrogen-bond donors (Lipinski definition) is 2. The number of aromatic nitrogens is 3. The minimum Gasteiger partial charge on any atom is -0.502 e. The minimum absolute atomic E-state index is 0.0617. The molecular weight excluding hydrogens is 506 g/mol. The molecule has 0 saturated carbocycles. The molecule has 0 spiro atoms. The van der Waals surface area contributed by atoms with E-state index in [0.29, 0.717) is 16.5 Å². The second kappa shape index (κ2) is 12.2. The normalized spacial score (nSPS) is 10.9. The number of ether oxygens (including phenoxy) is 3. The lowest BCUT2D eigenvalue weighted by Crippen LogP contribution is -2.20. The monoisotopic (exact) mass is 533 g/mol. The number of hydrazone groups is 1. The standard InChI is InChI=1S/C27H27N5O5S/c1-17-5-9-20(10-6-17)32-26(19-7-11-21(35-2)12-8-19)30-31-27(32)38-16-24(33)29-28-15-18-13-22(36-3)25(34)23(14-18)37-4/h5-15,34H,16H2,1-4H3,(H,29,33). The molecule has 0 unspecified atom stereocenters. The van der Waals surface area contributed by atoms with Crippen LogP contribution in [-0.2, 0) is 4.79 Å². The molecule has 3 aromatic carbocycles. The van der Waals surface area contributed by atoms with Crippen LogP contribution >= 0.6 is 11.8 Å². The molecule has 1 aromatic heterocycles. The van der Waals surface area contributed by atoms with Gasteiger partial charge >= 0.3 is 0 Å². The highest BCUT2D eigenvalue weighted by molar-refractivity contribution is 7.99. The molecule has 10 nitrogen and oxygen atoms in total. The lowest BCUT2D eigenvalue weighted by atomic mass is 10.2. The van der Waals surface area contributed by atoms with Crippen LogP contribution in [0.1, 0.15) is 11.1 Å². The second-order valence-electron chi connectivity index (χ2n) is 8.06. The van der Waals surface area contributed by atoms with Gasteiger partial charge in [-0.2, -0.15) is 5.10 Å². The summed E-state index contributed by atoms with van der Waals surface area (Å²) in [5.74, 6) is 1.48. The van der Waals surface area contributed by atoms with E-state index in [1.54, 1.807) is 19.2 Å². The Bertz CT molecular complexity index is 1410. The Kier molecular flexibility index (Phi) is 8.49. The number of carbonyl (C=O) groups excluding carboxylic acids is 1. The van der Waals surface area contributed by atoms with Crippen LogP contribution in [0.4, 0.5) is 0 Å². The van der Waals surface area contributed by atoms with Crippen molar-refractivity contribution in [2.24, 2.45) is 5.10 Å². The number of methoxy groups -OCH3 is 3. The molecule has 1 amide bonds. The van der Waals surface area contributed by atoms with Gasteiger partial charge in [0, 0.05) is 16.8 Å². The molecular formula is C27H27N5O5S. The van der Waals surface area contributed by atoms with Gasteiger partial charge in [0.05, 0.1) is 33.3 Å². The van der Waals surface area contributed by atoms with Gasteiger partial charge in [-0.15, -0.1) is 10.2 Å². The van der Waals surface area contributed by atoms with Crippen molar-refractivity contribution < 1.29 is 24.1 Å². The van der Waals surface area contributed by atoms with Crippen molar-refractivity contribution in [2.75, 3.05) is 27.1 Å². The van der Waals surface area contributed by atoms with Gasteiger partial charge < -0.3 is 19.3 Å². The molecule has 11 heteroatoms. The third-order valence-corrected chi connectivity index (χ3v) is 6.44. The summed E-state index contributed by atoms with van der Waals surface area (Å²) in [4.78, 5) is 12.5. The van der Waals surface area contributed by atoms with E-state index in [4.69, 9.17) is 14.2 Å². The number of carbonyl (C=O) groups is 1. The zero-order chi connectivity index (χ0) is 27.1. The summed E-state index contributed by atoms with van der Waals surface area (Å²) in [6.07, 6.45) is 1.43. The van der Waals surface area contributed by atoms with Crippen molar-refractivity contribution in [1.82, 2.24) is 20.2 Å². The van der Waals surface area contributed by atoms with Crippen molar-refractivity contribution in [3.8, 4) is 40.1 Å². The maximum Gasteiger partial charge on any atom is 0.250 e. The first-order valence-corrected chi connectivity index (χ1v) is 12.5. The van der Waals surface area contributed by atoms with E-state index in [9.17, 15) is 9.90 Å². The van der Waals surface area contributed by atoms with E-state index in [0.717, 1.165) is 22.6 Å². The Morgan fingerprint density at radius 3 is 2.26 bits per heavy atom. The second-order valence-corrected chi connectivity index (χ2v) is 9.00. The van der Waals surface area contributed by atoms with Gasteiger partial charge in [-0.1, -0.05) is 29.5 Å². The van der Waals surface area contributed by atoms with Crippen LogP contribution in [0.25, 0.3) is 17.1 Å². The van der Waals surface area contributed by atoms with E-state index >= 15 is 0 Å². The Morgan fingerprint density at radius 2 is 1.66 bits per heavy atom. The number of phenols is 1. The number of phenolic OH excluding ortho intramolecular Hbond substituents is 1. The fourth-order valence-corrected chi connectivity index (χ4v) is 4.29. The zero-order valence-electron chi connectivity index (χ0n) is 21.3. The molecule has 0 bridgehead atoms. The number of thioether (sulfide) groups is 1. The minimum atomic E-state index is -0.326. The van der Waals surface area contributed by atoms with Gasteiger partial charge in [-0.05, 0) is 55.5 Å². The van der Waals surface area contributed by atoms with Gasteiger partial charge in [-0.3, -0.25) is 9.36 Å². The van der Waals surface area contributed by atoms with Crippen LogP contribution in [0, 0.1) is 6.92 Å². The van der Waals surface area contributed by atoms with Crippen LogP contribution < -0.4 is 19.6 Å². The molecule has 0 atom stereocenters. The molecule has 1 heterocycles. The summed E-state index contributed by atoms with van der Waals surface area (Å²) in [6.45, 7) is 2.02. The lowest BCUT2D eigenvalue weighted by Gasteiger charge is -2.11. The lowest BCUT2D eigenvalue weighted by molar-refractivity contribution is -0.118. The van der Waals surface area contributed by atoms with Crippen molar-refractivity contribution in [3.63, 3.8) is 0 Å². The summed E-state index contributed by atoms with van der Waals surface area (Å²) in [5.41, 5.74) is 5.95. The van der Waals surface area contributed by atoms with Crippen molar-refractivity contribution >= 4 is 23.9 Å². The van der Waals surface area contributed by atoms with Crippen LogP contribution in [0.2, 0.25) is 0 Å². The van der Waals surface area contributed by atoms with Gasteiger partial charge in [0.2, 0.25) is 5.75 Å². The third-order valence-electron chi connectivity index (χ3n) is 5.51. The van der Waals surface area contributed by atoms with Gasteiger partial charge in [0.25, 0.3) is 5.91 Å². The Labute approximate surface area is 224 Å². The highest BCUT2D eigenvalue weighted by Gasteiger charge is 2.17. The number of hydrogen-bond acceptors (Lipinski definition) is 9. The summed E-state index contributed by atoms with van der Waals surface area (Å²) >= 11 is 1.24. The first-order valence-electron chi connectivity index (χ1n) is 11.5. The molecule has 0 saturated heterocycles. The summed E-state index contributed by atoms with van der Waals surface area (Å²) in [5, 5.41) is 23.4. The number of benzene rings is 3. The summed E-state index contributed by atoms with van der Waals surface area (Å²) in [6, 6.07) is 18.7. The van der Waals surface area contributed by atoms with Crippen LogP contribution in [0.15, 0.2) is 70.9 Å². The third kappa shape index (κ3) is 6.06. The van der Waals surface area contributed by atoms with E-state index < -0.39 is 0 Å². The summed E-state index contributed by atoms with van der Waals surface area (Å²) in [7, 11) is 4.49. The highest BCUT2D eigenvalue weighted by atomic mass is 32.2. The Balaban J connectivity index is 1.50. The van der Waals surface area contributed by atoms with Gasteiger partial charge in [-0.25, -0.2) is 5.43 Å². The molecule has 0 fully saturated rings. The van der Waals surface area contributed by atoms with Crippen molar-refractivity contribution in [2.45, 2.75) is 12.1 Å². The fourth-order valence-electron chi connectivity index (χ4n) is 3.55. The maximum atomic E-state index is 12.5. The van der Waals surface area contributed by atoms with Gasteiger partial charge in [0.15, 0.2) is 22.5 Å². The van der Waals surface area contributed by atoms with Crippen molar-refractivity contribution in [3.05, 3.63) is 71.8 Å². The molecule has 0 aliphatic rings. The number of amides is 1. The SMILES string of the molecule is COc1ccc(-c2nnc(SCC(=O)NN=Cc3cc(OC)c(O)c(OC)c3)n2-c2ccc(C)cc2)cc1. The summed E-state index contributed by atoms with van der Waals surface area (Å²) < 4.78 is 17.5.